The van der Waals surface area contributed by atoms with Crippen LogP contribution < -0.4 is 5.73 Å². The first-order valence-electron chi connectivity index (χ1n) is 5.12. The summed E-state index contributed by atoms with van der Waals surface area (Å²) in [5.41, 5.74) is 6.37. The number of hydrogen-bond donors (Lipinski definition) is 1. The zero-order chi connectivity index (χ0) is 10.5. The molecule has 5 nitrogen and oxygen atoms in total. The Morgan fingerprint density at radius 1 is 1.53 bits per heavy atom. The predicted octanol–water partition coefficient (Wildman–Crippen LogP) is 1.21. The van der Waals surface area contributed by atoms with Gasteiger partial charge in [-0.3, -0.25) is 0 Å². The summed E-state index contributed by atoms with van der Waals surface area (Å²) >= 11 is 1.20. The maximum atomic E-state index is 5.64. The van der Waals surface area contributed by atoms with Crippen LogP contribution in [0.3, 0.4) is 0 Å². The molecule has 0 aromatic carbocycles. The Bertz CT molecular complexity index is 299. The molecule has 0 bridgehead atoms. The van der Waals surface area contributed by atoms with Gasteiger partial charge in [0, 0.05) is 18.1 Å². The lowest BCUT2D eigenvalue weighted by atomic mass is 10.1. The van der Waals surface area contributed by atoms with Gasteiger partial charge in [-0.2, -0.15) is 0 Å². The van der Waals surface area contributed by atoms with Gasteiger partial charge < -0.3 is 15.2 Å². The molecule has 6 heteroatoms. The van der Waals surface area contributed by atoms with E-state index >= 15 is 0 Å². The number of anilines is 1. The van der Waals surface area contributed by atoms with Gasteiger partial charge in [0.2, 0.25) is 0 Å². The Kier molecular flexibility index (Phi) is 3.87. The van der Waals surface area contributed by atoms with Gasteiger partial charge in [-0.1, -0.05) is 4.49 Å². The van der Waals surface area contributed by atoms with Crippen LogP contribution in [0, 0.1) is 0 Å². The van der Waals surface area contributed by atoms with Gasteiger partial charge >= 0.3 is 0 Å². The Morgan fingerprint density at radius 3 is 3.13 bits per heavy atom. The van der Waals surface area contributed by atoms with Crippen molar-refractivity contribution >= 4 is 16.5 Å². The monoisotopic (exact) mass is 229 g/mol. The Labute approximate surface area is 92.7 Å². The molecule has 1 saturated heterocycles. The largest absolute Gasteiger partial charge is 0.388 e. The number of hydrogen-bond acceptors (Lipinski definition) is 6. The van der Waals surface area contributed by atoms with E-state index in [-0.39, 0.29) is 6.10 Å². The third-order valence-corrected chi connectivity index (χ3v) is 3.00. The molecule has 0 radical (unpaired) electrons. The molecule has 15 heavy (non-hydrogen) atoms. The molecule has 1 fully saturated rings. The molecule has 0 saturated carbocycles. The van der Waals surface area contributed by atoms with E-state index in [1.807, 2.05) is 0 Å². The van der Waals surface area contributed by atoms with Gasteiger partial charge in [0.05, 0.1) is 19.3 Å². The second-order valence-corrected chi connectivity index (χ2v) is 4.37. The number of rotatable bonds is 4. The van der Waals surface area contributed by atoms with E-state index in [1.165, 1.54) is 24.4 Å². The average molecular weight is 229 g/mol. The first-order valence-corrected chi connectivity index (χ1v) is 5.89. The minimum Gasteiger partial charge on any atom is -0.388 e. The summed E-state index contributed by atoms with van der Waals surface area (Å²) in [5, 5.41) is 4.51. The normalized spacial score (nSPS) is 21.7. The lowest BCUT2D eigenvalue weighted by Gasteiger charge is -2.22. The fourth-order valence-corrected chi connectivity index (χ4v) is 1.97. The van der Waals surface area contributed by atoms with Crippen LogP contribution in [-0.4, -0.2) is 28.9 Å². The molecule has 1 atom stereocenters. The second-order valence-electron chi connectivity index (χ2n) is 3.59. The summed E-state index contributed by atoms with van der Waals surface area (Å²) < 4.78 is 14.8. The molecule has 1 aromatic rings. The fourth-order valence-electron chi connectivity index (χ4n) is 1.54. The standard InChI is InChI=1S/C9H15N3O2S/c10-9-8(11-12-15-9)6-13-5-7-3-1-2-4-14-7/h7H,1-6,10H2. The molecule has 2 N–H and O–H groups in total. The highest BCUT2D eigenvalue weighted by molar-refractivity contribution is 7.09. The number of aromatic nitrogens is 2. The molecule has 1 aromatic heterocycles. The number of nitrogens with zero attached hydrogens (tertiary/aromatic N) is 2. The van der Waals surface area contributed by atoms with Crippen molar-refractivity contribution in [1.29, 1.82) is 0 Å². The average Bonchev–Trinajstić information content (AvgIpc) is 2.66. The van der Waals surface area contributed by atoms with Crippen LogP contribution in [0.5, 0.6) is 0 Å². The minimum absolute atomic E-state index is 0.242. The van der Waals surface area contributed by atoms with Crippen LogP contribution in [0.1, 0.15) is 25.0 Å². The van der Waals surface area contributed by atoms with Crippen molar-refractivity contribution in [3.05, 3.63) is 5.69 Å². The van der Waals surface area contributed by atoms with Crippen LogP contribution >= 0.6 is 11.5 Å². The first kappa shape index (κ1) is 10.8. The van der Waals surface area contributed by atoms with Crippen LogP contribution in [0.4, 0.5) is 5.00 Å². The van der Waals surface area contributed by atoms with E-state index in [0.29, 0.717) is 18.2 Å². The third kappa shape index (κ3) is 3.12. The quantitative estimate of drug-likeness (QED) is 0.840. The van der Waals surface area contributed by atoms with Gasteiger partial charge in [0.25, 0.3) is 0 Å². The van der Waals surface area contributed by atoms with Gasteiger partial charge in [0.15, 0.2) is 0 Å². The van der Waals surface area contributed by atoms with Crippen molar-refractivity contribution < 1.29 is 9.47 Å². The highest BCUT2D eigenvalue weighted by atomic mass is 32.1. The first-order chi connectivity index (χ1) is 7.36. The summed E-state index contributed by atoms with van der Waals surface area (Å²) in [5.74, 6) is 0. The fraction of sp³-hybridized carbons (Fsp3) is 0.778. The number of ether oxygens (including phenoxy) is 2. The number of nitrogens with two attached hydrogens (primary N) is 1. The smallest absolute Gasteiger partial charge is 0.133 e. The highest BCUT2D eigenvalue weighted by Gasteiger charge is 2.14. The van der Waals surface area contributed by atoms with E-state index in [4.69, 9.17) is 15.2 Å². The molecule has 0 spiro atoms. The van der Waals surface area contributed by atoms with Crippen molar-refractivity contribution in [1.82, 2.24) is 9.59 Å². The van der Waals surface area contributed by atoms with Crippen LogP contribution in [0.25, 0.3) is 0 Å². The Hall–Kier alpha value is -0.720. The van der Waals surface area contributed by atoms with Crippen LogP contribution in [0.15, 0.2) is 0 Å². The minimum atomic E-state index is 0.242. The summed E-state index contributed by atoms with van der Waals surface area (Å²) in [6, 6.07) is 0. The number of nitrogen functional groups attached to an aromatic ring is 1. The Morgan fingerprint density at radius 2 is 2.47 bits per heavy atom. The second kappa shape index (κ2) is 5.39. The van der Waals surface area contributed by atoms with E-state index in [0.717, 1.165) is 18.7 Å². The molecule has 2 rings (SSSR count). The maximum Gasteiger partial charge on any atom is 0.133 e. The van der Waals surface area contributed by atoms with Gasteiger partial charge in [-0.05, 0) is 19.3 Å². The summed E-state index contributed by atoms with van der Waals surface area (Å²) in [7, 11) is 0. The van der Waals surface area contributed by atoms with Gasteiger partial charge in [-0.15, -0.1) is 5.10 Å². The lowest BCUT2D eigenvalue weighted by Crippen LogP contribution is -2.24. The molecular weight excluding hydrogens is 214 g/mol. The van der Waals surface area contributed by atoms with Gasteiger partial charge in [-0.25, -0.2) is 0 Å². The molecule has 1 aliphatic heterocycles. The molecule has 1 aliphatic rings. The summed E-state index contributed by atoms with van der Waals surface area (Å²) in [4.78, 5) is 0. The zero-order valence-corrected chi connectivity index (χ0v) is 9.33. The highest BCUT2D eigenvalue weighted by Crippen LogP contribution is 2.16. The zero-order valence-electron chi connectivity index (χ0n) is 8.52. The van der Waals surface area contributed by atoms with Crippen molar-refractivity contribution in [3.63, 3.8) is 0 Å². The topological polar surface area (TPSA) is 70.3 Å². The molecule has 1 unspecified atom stereocenters. The van der Waals surface area contributed by atoms with E-state index in [2.05, 4.69) is 9.59 Å². The molecule has 84 valence electrons. The van der Waals surface area contributed by atoms with E-state index < -0.39 is 0 Å². The van der Waals surface area contributed by atoms with Crippen molar-refractivity contribution in [2.24, 2.45) is 0 Å². The molecule has 0 amide bonds. The Balaban J connectivity index is 1.68. The summed E-state index contributed by atoms with van der Waals surface area (Å²) in [6.07, 6.45) is 3.73. The maximum absolute atomic E-state index is 5.64. The summed E-state index contributed by atoms with van der Waals surface area (Å²) in [6.45, 7) is 1.91. The SMILES string of the molecule is Nc1snnc1COCC1CCCCO1. The van der Waals surface area contributed by atoms with E-state index in [9.17, 15) is 0 Å². The molecule has 0 aliphatic carbocycles. The van der Waals surface area contributed by atoms with E-state index in [1.54, 1.807) is 0 Å². The van der Waals surface area contributed by atoms with Gasteiger partial charge in [0.1, 0.15) is 10.7 Å². The molecular formula is C9H15N3O2S. The van der Waals surface area contributed by atoms with Crippen LogP contribution in [0.2, 0.25) is 0 Å². The van der Waals surface area contributed by atoms with Crippen molar-refractivity contribution in [3.8, 4) is 0 Å². The van der Waals surface area contributed by atoms with Crippen molar-refractivity contribution in [2.75, 3.05) is 18.9 Å². The third-order valence-electron chi connectivity index (χ3n) is 2.40. The van der Waals surface area contributed by atoms with Crippen molar-refractivity contribution in [2.45, 2.75) is 32.0 Å². The van der Waals surface area contributed by atoms with Crippen LogP contribution in [-0.2, 0) is 16.1 Å². The lowest BCUT2D eigenvalue weighted by molar-refractivity contribution is -0.0451. The molecule has 2 heterocycles. The predicted molar refractivity (Wildman–Crippen MR) is 57.6 cm³/mol.